The minimum atomic E-state index is -0.206. The van der Waals surface area contributed by atoms with Gasteiger partial charge in [0.25, 0.3) is 5.91 Å². The Morgan fingerprint density at radius 2 is 1.81 bits per heavy atom. The van der Waals surface area contributed by atoms with E-state index in [1.54, 1.807) is 0 Å². The van der Waals surface area contributed by atoms with E-state index in [9.17, 15) is 4.79 Å². The topological polar surface area (TPSA) is 65.6 Å². The zero-order valence-corrected chi connectivity index (χ0v) is 16.7. The first-order valence-electron chi connectivity index (χ1n) is 9.11. The molecule has 0 aliphatic carbocycles. The molecule has 0 aromatic heterocycles. The lowest BCUT2D eigenvalue weighted by molar-refractivity contribution is 0.0376. The van der Waals surface area contributed by atoms with Crippen LogP contribution in [-0.4, -0.2) is 55.3 Å². The summed E-state index contributed by atoms with van der Waals surface area (Å²) in [7, 11) is 0. The number of carbonyl (C=O) groups excluding carboxylic acids is 1. The quantitative estimate of drug-likeness (QED) is 0.413. The minimum Gasteiger partial charge on any atom is -0.379 e. The van der Waals surface area contributed by atoms with Gasteiger partial charge in [0.15, 0.2) is 5.11 Å². The van der Waals surface area contributed by atoms with Crippen molar-refractivity contribution in [3.8, 4) is 0 Å². The van der Waals surface area contributed by atoms with Crippen LogP contribution in [0.15, 0.2) is 24.3 Å². The summed E-state index contributed by atoms with van der Waals surface area (Å²) in [5, 5.41) is 3.53. The van der Waals surface area contributed by atoms with Crippen LogP contribution in [0.2, 0.25) is 0 Å². The van der Waals surface area contributed by atoms with Crippen LogP contribution in [0.3, 0.4) is 0 Å². The lowest BCUT2D eigenvalue weighted by Crippen LogP contribution is -2.47. The first kappa shape index (κ1) is 20.6. The molecule has 0 saturated carbocycles. The predicted octanol–water partition coefficient (Wildman–Crippen LogP) is 1.82. The highest BCUT2D eigenvalue weighted by atomic mass is 32.1. The molecule has 0 bridgehead atoms. The molecule has 0 unspecified atom stereocenters. The fraction of sp³-hybridized carbons (Fsp3) is 0.579. The third kappa shape index (κ3) is 6.90. The zero-order chi connectivity index (χ0) is 19.0. The second-order valence-corrected chi connectivity index (χ2v) is 7.88. The van der Waals surface area contributed by atoms with Crippen LogP contribution in [0.4, 0.5) is 0 Å². The molecule has 6 nitrogen and oxygen atoms in total. The first-order valence-corrected chi connectivity index (χ1v) is 9.52. The van der Waals surface area contributed by atoms with Crippen molar-refractivity contribution in [3.63, 3.8) is 0 Å². The summed E-state index contributed by atoms with van der Waals surface area (Å²) in [6.45, 7) is 11.8. The molecule has 0 spiro atoms. The van der Waals surface area contributed by atoms with Crippen molar-refractivity contribution >= 4 is 23.2 Å². The van der Waals surface area contributed by atoms with Crippen LogP contribution in [0, 0.1) is 0 Å². The van der Waals surface area contributed by atoms with Gasteiger partial charge in [0.2, 0.25) is 0 Å². The number of amides is 1. The molecule has 7 heteroatoms. The minimum absolute atomic E-state index is 0.0694. The SMILES string of the molecule is CC(C)(C)c1ccc(C(=O)NNC(=S)NCCCN2CCOCC2)cc1. The van der Waals surface area contributed by atoms with Gasteiger partial charge in [0.05, 0.1) is 13.2 Å². The van der Waals surface area contributed by atoms with Gasteiger partial charge in [0, 0.05) is 25.2 Å². The number of ether oxygens (including phenoxy) is 1. The van der Waals surface area contributed by atoms with Gasteiger partial charge in [-0.25, -0.2) is 0 Å². The predicted molar refractivity (Wildman–Crippen MR) is 108 cm³/mol. The van der Waals surface area contributed by atoms with Crippen LogP contribution >= 0.6 is 12.2 Å². The van der Waals surface area contributed by atoms with Gasteiger partial charge < -0.3 is 10.1 Å². The lowest BCUT2D eigenvalue weighted by Gasteiger charge is -2.26. The van der Waals surface area contributed by atoms with E-state index in [1.807, 2.05) is 24.3 Å². The molecule has 1 aromatic rings. The van der Waals surface area contributed by atoms with E-state index in [-0.39, 0.29) is 11.3 Å². The van der Waals surface area contributed by atoms with E-state index >= 15 is 0 Å². The summed E-state index contributed by atoms with van der Waals surface area (Å²) in [5.74, 6) is -0.206. The normalized spacial score (nSPS) is 15.3. The summed E-state index contributed by atoms with van der Waals surface area (Å²) in [6, 6.07) is 7.63. The van der Waals surface area contributed by atoms with Crippen molar-refractivity contribution in [2.45, 2.75) is 32.6 Å². The highest BCUT2D eigenvalue weighted by Gasteiger charge is 2.14. The monoisotopic (exact) mass is 378 g/mol. The Hall–Kier alpha value is -1.70. The second kappa shape index (κ2) is 9.85. The molecule has 0 atom stereocenters. The Kier molecular flexibility index (Phi) is 7.81. The number of hydrazine groups is 1. The van der Waals surface area contributed by atoms with Gasteiger partial charge in [-0.05, 0) is 48.3 Å². The maximum atomic E-state index is 12.2. The van der Waals surface area contributed by atoms with Crippen LogP contribution in [0.1, 0.15) is 43.1 Å². The fourth-order valence-electron chi connectivity index (χ4n) is 2.68. The van der Waals surface area contributed by atoms with E-state index in [2.05, 4.69) is 41.8 Å². The van der Waals surface area contributed by atoms with Crippen molar-refractivity contribution in [2.75, 3.05) is 39.4 Å². The van der Waals surface area contributed by atoms with Crippen LogP contribution in [-0.2, 0) is 10.2 Å². The maximum absolute atomic E-state index is 12.2. The van der Waals surface area contributed by atoms with Crippen LogP contribution in [0.25, 0.3) is 0 Å². The average molecular weight is 379 g/mol. The number of carbonyl (C=O) groups is 1. The molecule has 1 aromatic carbocycles. The van der Waals surface area contributed by atoms with E-state index in [1.165, 1.54) is 5.56 Å². The summed E-state index contributed by atoms with van der Waals surface area (Å²) in [6.07, 6.45) is 0.990. The van der Waals surface area contributed by atoms with E-state index in [0.717, 1.165) is 45.8 Å². The molecule has 1 fully saturated rings. The summed E-state index contributed by atoms with van der Waals surface area (Å²) in [4.78, 5) is 14.5. The molecular weight excluding hydrogens is 348 g/mol. The molecule has 2 rings (SSSR count). The Bertz CT molecular complexity index is 593. The van der Waals surface area contributed by atoms with Gasteiger partial charge >= 0.3 is 0 Å². The number of morpholine rings is 1. The third-order valence-corrected chi connectivity index (χ3v) is 4.59. The third-order valence-electron chi connectivity index (χ3n) is 4.34. The van der Waals surface area contributed by atoms with Gasteiger partial charge in [0.1, 0.15) is 0 Å². The Morgan fingerprint density at radius 3 is 2.42 bits per heavy atom. The number of hydrogen-bond acceptors (Lipinski definition) is 4. The number of benzene rings is 1. The molecule has 144 valence electrons. The van der Waals surface area contributed by atoms with Crippen molar-refractivity contribution < 1.29 is 9.53 Å². The lowest BCUT2D eigenvalue weighted by atomic mass is 9.87. The summed E-state index contributed by atoms with van der Waals surface area (Å²) >= 11 is 5.19. The molecule has 1 amide bonds. The van der Waals surface area contributed by atoms with E-state index < -0.39 is 0 Å². The molecule has 1 heterocycles. The van der Waals surface area contributed by atoms with Gasteiger partial charge in [-0.2, -0.15) is 0 Å². The summed E-state index contributed by atoms with van der Waals surface area (Å²) in [5.41, 5.74) is 7.24. The molecule has 1 aliphatic rings. The molecule has 1 saturated heterocycles. The smallest absolute Gasteiger partial charge is 0.269 e. The first-order chi connectivity index (χ1) is 12.4. The number of thiocarbonyl (C=S) groups is 1. The number of hydrogen-bond donors (Lipinski definition) is 3. The van der Waals surface area contributed by atoms with Crippen molar-refractivity contribution in [2.24, 2.45) is 0 Å². The van der Waals surface area contributed by atoms with Crippen molar-refractivity contribution in [3.05, 3.63) is 35.4 Å². The van der Waals surface area contributed by atoms with Gasteiger partial charge in [-0.15, -0.1) is 0 Å². The molecule has 26 heavy (non-hydrogen) atoms. The molecular formula is C19H30N4O2S. The zero-order valence-electron chi connectivity index (χ0n) is 15.9. The maximum Gasteiger partial charge on any atom is 0.269 e. The number of nitrogens with zero attached hydrogens (tertiary/aromatic N) is 1. The Morgan fingerprint density at radius 1 is 1.15 bits per heavy atom. The standard InChI is InChI=1S/C19H30N4O2S/c1-19(2,3)16-7-5-15(6-8-16)17(24)21-22-18(26)20-9-4-10-23-11-13-25-14-12-23/h5-8H,4,9-14H2,1-3H3,(H,21,24)(H2,20,22,26). The van der Waals surface area contributed by atoms with Crippen LogP contribution < -0.4 is 16.2 Å². The average Bonchev–Trinajstić information content (AvgIpc) is 2.63. The highest BCUT2D eigenvalue weighted by molar-refractivity contribution is 7.80. The van der Waals surface area contributed by atoms with Crippen molar-refractivity contribution in [1.82, 2.24) is 21.1 Å². The largest absolute Gasteiger partial charge is 0.379 e. The Labute approximate surface area is 161 Å². The number of nitrogens with one attached hydrogen (secondary N) is 3. The van der Waals surface area contributed by atoms with Gasteiger partial charge in [-0.1, -0.05) is 32.9 Å². The molecule has 0 radical (unpaired) electrons. The molecule has 3 N–H and O–H groups in total. The van der Waals surface area contributed by atoms with Crippen molar-refractivity contribution in [1.29, 1.82) is 0 Å². The Balaban J connectivity index is 1.64. The van der Waals surface area contributed by atoms with Crippen LogP contribution in [0.5, 0.6) is 0 Å². The van der Waals surface area contributed by atoms with E-state index in [0.29, 0.717) is 10.7 Å². The highest BCUT2D eigenvalue weighted by Crippen LogP contribution is 2.22. The number of rotatable bonds is 5. The fourth-order valence-corrected chi connectivity index (χ4v) is 2.83. The summed E-state index contributed by atoms with van der Waals surface area (Å²) < 4.78 is 5.33. The van der Waals surface area contributed by atoms with Gasteiger partial charge in [-0.3, -0.25) is 20.5 Å². The second-order valence-electron chi connectivity index (χ2n) is 7.47. The molecule has 1 aliphatic heterocycles. The van der Waals surface area contributed by atoms with E-state index in [4.69, 9.17) is 17.0 Å².